The Balaban J connectivity index is 0.00000200. The van der Waals surface area contributed by atoms with Crippen molar-refractivity contribution in [2.24, 2.45) is 0 Å². The van der Waals surface area contributed by atoms with Gasteiger partial charge in [-0.15, -0.1) is 0 Å². The number of nitrogens with zero attached hydrogens (tertiary/aromatic N) is 1. The molecule has 1 fully saturated rings. The zero-order valence-corrected chi connectivity index (χ0v) is 20.0. The van der Waals surface area contributed by atoms with E-state index < -0.39 is 28.1 Å². The van der Waals surface area contributed by atoms with Crippen LogP contribution in [0.2, 0.25) is 0 Å². The number of nitrogens with one attached hydrogen (secondary N) is 2. The van der Waals surface area contributed by atoms with E-state index in [1.54, 1.807) is 30.3 Å². The molecule has 36 heavy (non-hydrogen) atoms. The average Bonchev–Trinajstić information content (AvgIpc) is 3.58. The lowest BCUT2D eigenvalue weighted by atomic mass is 9.94. The number of pyridine rings is 1. The van der Waals surface area contributed by atoms with Gasteiger partial charge in [0.2, 0.25) is 22.7 Å². The van der Waals surface area contributed by atoms with Gasteiger partial charge in [-0.3, -0.25) is 4.79 Å². The van der Waals surface area contributed by atoms with Crippen LogP contribution in [0, 0.1) is 0 Å². The number of carbonyl (C=O) groups excluding carboxylic acids is 1. The van der Waals surface area contributed by atoms with Gasteiger partial charge in [0.25, 0.3) is 0 Å². The molecule has 1 aromatic heterocycles. The fourth-order valence-corrected chi connectivity index (χ4v) is 5.10. The van der Waals surface area contributed by atoms with Crippen molar-refractivity contribution in [3.63, 3.8) is 0 Å². The monoisotopic (exact) mass is 515 g/mol. The molecule has 0 unspecified atom stereocenters. The quantitative estimate of drug-likeness (QED) is 0.339. The Bertz CT molecular complexity index is 1400. The van der Waals surface area contributed by atoms with Crippen LogP contribution in [-0.2, 0) is 20.2 Å². The Morgan fingerprint density at radius 1 is 1.08 bits per heavy atom. The predicted molar refractivity (Wildman–Crippen MR) is 134 cm³/mol. The molecule has 0 saturated heterocycles. The highest BCUT2D eigenvalue weighted by Crippen LogP contribution is 2.51. The second-order valence-electron chi connectivity index (χ2n) is 8.73. The van der Waals surface area contributed by atoms with Crippen molar-refractivity contribution in [3.05, 3.63) is 66.2 Å². The molecule has 11 heteroatoms. The molecule has 0 bridgehead atoms. The predicted octanol–water partition coefficient (Wildman–Crippen LogP) is 2.27. The summed E-state index contributed by atoms with van der Waals surface area (Å²) in [7, 11) is -3.84. The lowest BCUT2D eigenvalue weighted by molar-refractivity contribution is -0.118. The minimum absolute atomic E-state index is 0. The topological polar surface area (TPSA) is 147 Å². The third kappa shape index (κ3) is 4.78. The number of sulfonamides is 1. The highest BCUT2D eigenvalue weighted by atomic mass is 32.2. The summed E-state index contributed by atoms with van der Waals surface area (Å²) >= 11 is 0. The summed E-state index contributed by atoms with van der Waals surface area (Å²) in [6, 6.07) is 16.9. The molecule has 1 aliphatic carbocycles. The number of aromatic nitrogens is 1. The Morgan fingerprint density at radius 2 is 1.83 bits per heavy atom. The zero-order valence-electron chi connectivity index (χ0n) is 19.2. The summed E-state index contributed by atoms with van der Waals surface area (Å²) in [5, 5.41) is 21.2. The molecule has 2 aromatic carbocycles. The standard InChI is InChI=1S/C25H25N3O7S.2H2/c29-14-18(30)13-26-36(32,33)19-7-4-16(5-8-19)20-2-1-3-23(27-20)28-24(31)25(10-11-25)17-6-9-21-22(12-17)35-15-34-21;;/h1-9,12,18,26,29-30H,10-11,13-15H2,(H,27,28,31);2*1H/t18-;;/m1../s1. The van der Waals surface area contributed by atoms with Crippen molar-refractivity contribution >= 4 is 21.7 Å². The SMILES string of the molecule is O=C(Nc1cccc(-c2ccc(S(=O)(=O)NC[C@@H](O)CO)cc2)n1)C1(c2ccc3c(c2)OCO3)CC1.[HH].[HH]. The van der Waals surface area contributed by atoms with E-state index in [9.17, 15) is 18.3 Å². The first kappa shape index (κ1) is 24.2. The number of rotatable bonds is 9. The van der Waals surface area contributed by atoms with Crippen LogP contribution >= 0.6 is 0 Å². The van der Waals surface area contributed by atoms with Gasteiger partial charge in [-0.2, -0.15) is 0 Å². The largest absolute Gasteiger partial charge is 0.454 e. The van der Waals surface area contributed by atoms with Gasteiger partial charge in [0.15, 0.2) is 11.5 Å². The van der Waals surface area contributed by atoms with Crippen LogP contribution in [0.25, 0.3) is 11.3 Å². The normalized spacial score (nSPS) is 16.4. The van der Waals surface area contributed by atoms with Gasteiger partial charge in [0.05, 0.1) is 28.7 Å². The highest BCUT2D eigenvalue weighted by Gasteiger charge is 2.51. The lowest BCUT2D eigenvalue weighted by Gasteiger charge is -2.16. The van der Waals surface area contributed by atoms with Crippen molar-refractivity contribution in [2.45, 2.75) is 29.3 Å². The maximum Gasteiger partial charge on any atom is 0.240 e. The van der Waals surface area contributed by atoms with Crippen molar-refractivity contribution in [2.75, 3.05) is 25.3 Å². The molecule has 1 saturated carbocycles. The van der Waals surface area contributed by atoms with E-state index in [2.05, 4.69) is 15.0 Å². The molecule has 0 radical (unpaired) electrons. The number of carbonyl (C=O) groups is 1. The third-order valence-corrected chi connectivity index (χ3v) is 7.72. The fraction of sp³-hybridized carbons (Fsp3) is 0.280. The first-order valence-corrected chi connectivity index (χ1v) is 12.9. The van der Waals surface area contributed by atoms with Crippen LogP contribution < -0.4 is 19.5 Å². The van der Waals surface area contributed by atoms with Crippen LogP contribution in [0.4, 0.5) is 5.82 Å². The van der Waals surface area contributed by atoms with Crippen molar-refractivity contribution in [3.8, 4) is 22.8 Å². The number of aliphatic hydroxyl groups excluding tert-OH is 2. The number of amides is 1. The number of hydrogen-bond donors (Lipinski definition) is 4. The first-order valence-electron chi connectivity index (χ1n) is 11.4. The van der Waals surface area contributed by atoms with Gasteiger partial charge in [-0.05, 0) is 54.8 Å². The maximum absolute atomic E-state index is 13.2. The van der Waals surface area contributed by atoms with Crippen molar-refractivity contribution < 1.29 is 35.8 Å². The summed E-state index contributed by atoms with van der Waals surface area (Å²) in [5.41, 5.74) is 1.47. The minimum atomic E-state index is -3.84. The second kappa shape index (κ2) is 9.51. The average molecular weight is 516 g/mol. The number of aliphatic hydroxyl groups is 2. The first-order chi connectivity index (χ1) is 17.3. The van der Waals surface area contributed by atoms with E-state index in [1.165, 1.54) is 12.1 Å². The van der Waals surface area contributed by atoms with Gasteiger partial charge in [0, 0.05) is 15.0 Å². The Kier molecular flexibility index (Phi) is 6.39. The molecule has 1 aliphatic heterocycles. The van der Waals surface area contributed by atoms with E-state index in [0.717, 1.165) is 18.4 Å². The Hall–Kier alpha value is -3.51. The van der Waals surface area contributed by atoms with Gasteiger partial charge in [-0.1, -0.05) is 24.3 Å². The van der Waals surface area contributed by atoms with Crippen molar-refractivity contribution in [1.29, 1.82) is 0 Å². The van der Waals surface area contributed by atoms with Gasteiger partial charge < -0.3 is 25.0 Å². The minimum Gasteiger partial charge on any atom is -0.454 e. The van der Waals surface area contributed by atoms with E-state index >= 15 is 0 Å². The third-order valence-electron chi connectivity index (χ3n) is 6.28. The molecule has 2 heterocycles. The van der Waals surface area contributed by atoms with Crippen LogP contribution in [-0.4, -0.2) is 55.6 Å². The number of benzene rings is 2. The maximum atomic E-state index is 13.2. The summed E-state index contributed by atoms with van der Waals surface area (Å²) in [5.74, 6) is 1.54. The lowest BCUT2D eigenvalue weighted by Crippen LogP contribution is -2.33. The van der Waals surface area contributed by atoms with Gasteiger partial charge in [0.1, 0.15) is 5.82 Å². The van der Waals surface area contributed by atoms with Crippen LogP contribution in [0.15, 0.2) is 65.6 Å². The van der Waals surface area contributed by atoms with Gasteiger partial charge >= 0.3 is 0 Å². The molecule has 4 N–H and O–H groups in total. The molecule has 3 aromatic rings. The van der Waals surface area contributed by atoms with E-state index in [1.807, 2.05) is 18.2 Å². The zero-order chi connectivity index (χ0) is 25.3. The van der Waals surface area contributed by atoms with Crippen LogP contribution in [0.1, 0.15) is 21.3 Å². The summed E-state index contributed by atoms with van der Waals surface area (Å²) < 4.78 is 37.8. The van der Waals surface area contributed by atoms with Crippen LogP contribution in [0.5, 0.6) is 11.5 Å². The molecule has 5 rings (SSSR count). The molecule has 1 atom stereocenters. The van der Waals surface area contributed by atoms with Crippen LogP contribution in [0.3, 0.4) is 0 Å². The fourth-order valence-electron chi connectivity index (χ4n) is 4.03. The van der Waals surface area contributed by atoms with E-state index in [-0.39, 0.29) is 27.0 Å². The summed E-state index contributed by atoms with van der Waals surface area (Å²) in [6.07, 6.45) is 0.260. The van der Waals surface area contributed by atoms with Crippen molar-refractivity contribution in [1.82, 2.24) is 9.71 Å². The number of anilines is 1. The van der Waals surface area contributed by atoms with Gasteiger partial charge in [-0.25, -0.2) is 18.1 Å². The molecule has 0 spiro atoms. The molecule has 10 nitrogen and oxygen atoms in total. The molecule has 192 valence electrons. The van der Waals surface area contributed by atoms with E-state index in [0.29, 0.717) is 28.6 Å². The summed E-state index contributed by atoms with van der Waals surface area (Å²) in [6.45, 7) is -0.666. The molecular weight excluding hydrogens is 486 g/mol. The molecular formula is C25H29N3O7S. The summed E-state index contributed by atoms with van der Waals surface area (Å²) in [4.78, 5) is 17.8. The molecule has 2 aliphatic rings. The number of hydrogen-bond acceptors (Lipinski definition) is 8. The Morgan fingerprint density at radius 3 is 2.56 bits per heavy atom. The van der Waals surface area contributed by atoms with E-state index in [4.69, 9.17) is 14.6 Å². The highest BCUT2D eigenvalue weighted by molar-refractivity contribution is 7.89. The number of fused-ring (bicyclic) bond motifs is 1. The Labute approximate surface area is 210 Å². The molecule has 1 amide bonds. The second-order valence-corrected chi connectivity index (χ2v) is 10.5. The smallest absolute Gasteiger partial charge is 0.240 e. The number of ether oxygens (including phenoxy) is 2.